The monoisotopic (exact) mass is 489 g/mol. The average Bonchev–Trinajstić information content (AvgIpc) is 3.48. The van der Waals surface area contributed by atoms with Crippen molar-refractivity contribution in [2.75, 3.05) is 20.1 Å². The zero-order valence-corrected chi connectivity index (χ0v) is 20.5. The first-order chi connectivity index (χ1) is 17.0. The van der Waals surface area contributed by atoms with Crippen LogP contribution in [0.5, 0.6) is 0 Å². The lowest BCUT2D eigenvalue weighted by atomic mass is 9.95. The summed E-state index contributed by atoms with van der Waals surface area (Å²) in [4.78, 5) is 30.2. The van der Waals surface area contributed by atoms with Crippen molar-refractivity contribution in [3.05, 3.63) is 94.7 Å². The van der Waals surface area contributed by atoms with Crippen molar-refractivity contribution >= 4 is 33.4 Å². The molecule has 0 aliphatic carbocycles. The van der Waals surface area contributed by atoms with E-state index in [0.717, 1.165) is 21.3 Å². The summed E-state index contributed by atoms with van der Waals surface area (Å²) in [6.45, 7) is 2.21. The standard InChI is InChI=1S/C28H28FN3O2S/c1-30(18-20-5-3-2-4-6-20)27(33)22-11-14-31(15-12-22)28(34)25-17-26-24(13-16-35-26)32(25)19-21-7-9-23(29)10-8-21/h2-10,13,16-17,22H,11-12,14-15,18-19H2,1H3. The summed E-state index contributed by atoms with van der Waals surface area (Å²) in [6.07, 6.45) is 1.33. The van der Waals surface area contributed by atoms with Crippen LogP contribution in [0.15, 0.2) is 72.1 Å². The van der Waals surface area contributed by atoms with Crippen LogP contribution in [-0.4, -0.2) is 46.3 Å². The van der Waals surface area contributed by atoms with Gasteiger partial charge in [-0.3, -0.25) is 9.59 Å². The van der Waals surface area contributed by atoms with Gasteiger partial charge < -0.3 is 14.4 Å². The number of halogens is 1. The SMILES string of the molecule is CN(Cc1ccccc1)C(=O)C1CCN(C(=O)c2cc3sccc3n2Cc2ccc(F)cc2)CC1. The second-order valence-corrected chi connectivity index (χ2v) is 10.1. The quantitative estimate of drug-likeness (QED) is 0.364. The molecule has 7 heteroatoms. The number of carbonyl (C=O) groups excluding carboxylic acids is 2. The number of rotatable bonds is 6. The third-order valence-electron chi connectivity index (χ3n) is 6.77. The van der Waals surface area contributed by atoms with E-state index < -0.39 is 0 Å². The van der Waals surface area contributed by atoms with E-state index in [1.165, 1.54) is 12.1 Å². The Kier molecular flexibility index (Phi) is 6.68. The number of piperidine rings is 1. The van der Waals surface area contributed by atoms with Gasteiger partial charge in [0.25, 0.3) is 5.91 Å². The molecule has 1 aliphatic heterocycles. The maximum absolute atomic E-state index is 13.5. The molecule has 4 aromatic rings. The molecule has 35 heavy (non-hydrogen) atoms. The smallest absolute Gasteiger partial charge is 0.270 e. The summed E-state index contributed by atoms with van der Waals surface area (Å²) in [6, 6.07) is 20.4. The lowest BCUT2D eigenvalue weighted by Gasteiger charge is -2.33. The topological polar surface area (TPSA) is 45.6 Å². The van der Waals surface area contributed by atoms with Gasteiger partial charge in [-0.1, -0.05) is 42.5 Å². The molecule has 0 radical (unpaired) electrons. The molecule has 1 fully saturated rings. The number of nitrogens with zero attached hydrogens (tertiary/aromatic N) is 3. The second-order valence-electron chi connectivity index (χ2n) is 9.16. The summed E-state index contributed by atoms with van der Waals surface area (Å²) >= 11 is 1.61. The van der Waals surface area contributed by atoms with Crippen LogP contribution in [0.3, 0.4) is 0 Å². The van der Waals surface area contributed by atoms with E-state index in [4.69, 9.17) is 0 Å². The van der Waals surface area contributed by atoms with Gasteiger partial charge in [-0.05, 0) is 53.6 Å². The molecule has 0 saturated carbocycles. The molecule has 1 saturated heterocycles. The first-order valence-corrected chi connectivity index (χ1v) is 12.8. The van der Waals surface area contributed by atoms with Crippen molar-refractivity contribution in [2.45, 2.75) is 25.9 Å². The number of amides is 2. The Balaban J connectivity index is 1.26. The van der Waals surface area contributed by atoms with Gasteiger partial charge in [0.05, 0.1) is 10.2 Å². The number of benzene rings is 2. The van der Waals surface area contributed by atoms with E-state index in [1.807, 2.05) is 64.4 Å². The van der Waals surface area contributed by atoms with Crippen LogP contribution in [0.1, 0.15) is 34.5 Å². The summed E-state index contributed by atoms with van der Waals surface area (Å²) in [5.41, 5.74) is 3.70. The van der Waals surface area contributed by atoms with Crippen LogP contribution in [-0.2, 0) is 17.9 Å². The van der Waals surface area contributed by atoms with E-state index in [1.54, 1.807) is 28.4 Å². The Labute approximate surface area is 208 Å². The zero-order chi connectivity index (χ0) is 24.4. The van der Waals surface area contributed by atoms with Crippen molar-refractivity contribution < 1.29 is 14.0 Å². The van der Waals surface area contributed by atoms with Crippen molar-refractivity contribution in [2.24, 2.45) is 5.92 Å². The van der Waals surface area contributed by atoms with Crippen molar-refractivity contribution in [1.29, 1.82) is 0 Å². The molecule has 2 amide bonds. The third kappa shape index (κ3) is 5.00. The van der Waals surface area contributed by atoms with Crippen molar-refractivity contribution in [1.82, 2.24) is 14.4 Å². The third-order valence-corrected chi connectivity index (χ3v) is 7.62. The van der Waals surface area contributed by atoms with Crippen molar-refractivity contribution in [3.63, 3.8) is 0 Å². The van der Waals surface area contributed by atoms with E-state index >= 15 is 0 Å². The molecule has 5 nitrogen and oxygen atoms in total. The van der Waals surface area contributed by atoms with Gasteiger partial charge in [-0.2, -0.15) is 0 Å². The minimum atomic E-state index is -0.273. The number of fused-ring (bicyclic) bond motifs is 1. The van der Waals surface area contributed by atoms with Crippen LogP contribution < -0.4 is 0 Å². The average molecular weight is 490 g/mol. The fourth-order valence-corrected chi connectivity index (χ4v) is 5.66. The maximum Gasteiger partial charge on any atom is 0.270 e. The Bertz CT molecular complexity index is 1320. The highest BCUT2D eigenvalue weighted by Crippen LogP contribution is 2.29. The van der Waals surface area contributed by atoms with Crippen LogP contribution in [0.4, 0.5) is 4.39 Å². The fraction of sp³-hybridized carbons (Fsp3) is 0.286. The molecule has 0 atom stereocenters. The molecular weight excluding hydrogens is 461 g/mol. The minimum Gasteiger partial charge on any atom is -0.341 e. The lowest BCUT2D eigenvalue weighted by Crippen LogP contribution is -2.43. The number of thiophene rings is 1. The predicted molar refractivity (Wildman–Crippen MR) is 137 cm³/mol. The number of hydrogen-bond donors (Lipinski definition) is 0. The molecule has 5 rings (SSSR count). The number of aromatic nitrogens is 1. The van der Waals surface area contributed by atoms with Gasteiger partial charge in [0, 0.05) is 39.1 Å². The summed E-state index contributed by atoms with van der Waals surface area (Å²) in [7, 11) is 1.85. The maximum atomic E-state index is 13.5. The molecule has 0 unspecified atom stereocenters. The number of likely N-dealkylation sites (tertiary alicyclic amines) is 1. The van der Waals surface area contributed by atoms with Crippen molar-refractivity contribution in [3.8, 4) is 0 Å². The normalized spacial score (nSPS) is 14.4. The Morgan fingerprint density at radius 1 is 1.00 bits per heavy atom. The van der Waals surface area contributed by atoms with E-state index in [-0.39, 0.29) is 23.5 Å². The van der Waals surface area contributed by atoms with E-state index in [2.05, 4.69) is 0 Å². The molecule has 0 bridgehead atoms. The molecule has 2 aromatic carbocycles. The van der Waals surface area contributed by atoms with Gasteiger partial charge >= 0.3 is 0 Å². The predicted octanol–water partition coefficient (Wildman–Crippen LogP) is 5.40. The summed E-state index contributed by atoms with van der Waals surface area (Å²) in [5.74, 6) is -0.215. The van der Waals surface area contributed by atoms with Gasteiger partial charge in [-0.15, -0.1) is 11.3 Å². The minimum absolute atomic E-state index is 0.0148. The van der Waals surface area contributed by atoms with E-state index in [9.17, 15) is 14.0 Å². The number of carbonyl (C=O) groups is 2. The molecule has 0 N–H and O–H groups in total. The molecule has 180 valence electrons. The first kappa shape index (κ1) is 23.3. The van der Waals surface area contributed by atoms with Gasteiger partial charge in [0.1, 0.15) is 11.5 Å². The van der Waals surface area contributed by atoms with Gasteiger partial charge in [0.2, 0.25) is 5.91 Å². The zero-order valence-electron chi connectivity index (χ0n) is 19.7. The molecular formula is C28H28FN3O2S. The van der Waals surface area contributed by atoms with Crippen LogP contribution >= 0.6 is 11.3 Å². The molecule has 0 spiro atoms. The number of hydrogen-bond acceptors (Lipinski definition) is 3. The Morgan fingerprint density at radius 2 is 1.71 bits per heavy atom. The van der Waals surface area contributed by atoms with Crippen LogP contribution in [0.25, 0.3) is 10.2 Å². The highest BCUT2D eigenvalue weighted by Gasteiger charge is 2.31. The largest absolute Gasteiger partial charge is 0.341 e. The lowest BCUT2D eigenvalue weighted by molar-refractivity contribution is -0.136. The fourth-order valence-electron chi connectivity index (χ4n) is 4.84. The first-order valence-electron chi connectivity index (χ1n) is 11.9. The highest BCUT2D eigenvalue weighted by atomic mass is 32.1. The van der Waals surface area contributed by atoms with Crippen LogP contribution in [0, 0.1) is 11.7 Å². The summed E-state index contributed by atoms with van der Waals surface area (Å²) in [5, 5.41) is 2.02. The molecule has 2 aromatic heterocycles. The Morgan fingerprint density at radius 3 is 2.43 bits per heavy atom. The summed E-state index contributed by atoms with van der Waals surface area (Å²) < 4.78 is 16.5. The van der Waals surface area contributed by atoms with Gasteiger partial charge in [-0.25, -0.2) is 4.39 Å². The Hall–Kier alpha value is -3.45. The van der Waals surface area contributed by atoms with Crippen LogP contribution in [0.2, 0.25) is 0 Å². The van der Waals surface area contributed by atoms with Gasteiger partial charge in [0.15, 0.2) is 0 Å². The second kappa shape index (κ2) is 10.0. The molecule has 1 aliphatic rings. The molecule has 3 heterocycles. The van der Waals surface area contributed by atoms with E-state index in [0.29, 0.717) is 44.7 Å². The highest BCUT2D eigenvalue weighted by molar-refractivity contribution is 7.17.